The Labute approximate surface area is 171 Å². The second-order valence-corrected chi connectivity index (χ2v) is 8.88. The lowest BCUT2D eigenvalue weighted by molar-refractivity contribution is -0.119. The molecule has 1 amide bonds. The highest BCUT2D eigenvalue weighted by Gasteiger charge is 2.20. The first-order valence-electron chi connectivity index (χ1n) is 9.49. The Morgan fingerprint density at radius 3 is 2.63 bits per heavy atom. The van der Waals surface area contributed by atoms with Gasteiger partial charge in [0.25, 0.3) is 5.56 Å². The summed E-state index contributed by atoms with van der Waals surface area (Å²) in [6.07, 6.45) is 2.34. The Morgan fingerprint density at radius 2 is 1.83 bits per heavy atom. The average Bonchev–Trinajstić information content (AvgIpc) is 2.72. The number of benzene rings is 2. The van der Waals surface area contributed by atoms with Crippen molar-refractivity contribution in [3.05, 3.63) is 68.9 Å². The lowest BCUT2D eigenvalue weighted by atomic mass is 10.1. The van der Waals surface area contributed by atoms with Crippen molar-refractivity contribution >= 4 is 32.5 Å². The van der Waals surface area contributed by atoms with Gasteiger partial charge in [-0.3, -0.25) is 14.6 Å². The van der Waals surface area contributed by atoms with E-state index in [0.717, 1.165) is 18.5 Å². The van der Waals surface area contributed by atoms with Crippen LogP contribution in [0.25, 0.3) is 10.9 Å². The van der Waals surface area contributed by atoms with Crippen molar-refractivity contribution in [1.82, 2.24) is 14.7 Å². The number of piperidine rings is 1. The Morgan fingerprint density at radius 1 is 1.00 bits per heavy atom. The summed E-state index contributed by atoms with van der Waals surface area (Å²) in [5, 5.41) is 0.0723. The molecule has 0 atom stereocenters. The Hall–Kier alpha value is -3.24. The molecule has 10 heteroatoms. The lowest BCUT2D eigenvalue weighted by Crippen LogP contribution is -2.35. The molecule has 1 aromatic heterocycles. The summed E-state index contributed by atoms with van der Waals surface area (Å²) in [5.74, 6) is 0.0680. The summed E-state index contributed by atoms with van der Waals surface area (Å²) in [6.45, 7) is 0.681. The first-order valence-corrected chi connectivity index (χ1v) is 11.0. The van der Waals surface area contributed by atoms with Gasteiger partial charge in [-0.05, 0) is 48.7 Å². The number of hydrogen-bond donors (Lipinski definition) is 3. The van der Waals surface area contributed by atoms with Crippen molar-refractivity contribution in [3.8, 4) is 0 Å². The topological polar surface area (TPSA) is 132 Å². The van der Waals surface area contributed by atoms with Crippen LogP contribution in [0.1, 0.15) is 24.8 Å². The van der Waals surface area contributed by atoms with E-state index in [-0.39, 0.29) is 28.3 Å². The molecule has 1 saturated heterocycles. The predicted octanol–water partition coefficient (Wildman–Crippen LogP) is 1.21. The molecule has 2 aromatic carbocycles. The van der Waals surface area contributed by atoms with E-state index in [4.69, 9.17) is 0 Å². The zero-order chi connectivity index (χ0) is 21.3. The number of sulfonamides is 1. The van der Waals surface area contributed by atoms with Crippen molar-refractivity contribution < 1.29 is 13.2 Å². The number of carbonyl (C=O) groups is 1. The fourth-order valence-electron chi connectivity index (χ4n) is 3.49. The van der Waals surface area contributed by atoms with E-state index in [2.05, 4.69) is 14.7 Å². The van der Waals surface area contributed by atoms with Crippen LogP contribution in [0.3, 0.4) is 0 Å². The second-order valence-electron chi connectivity index (χ2n) is 7.11. The highest BCUT2D eigenvalue weighted by Crippen LogP contribution is 2.22. The summed E-state index contributed by atoms with van der Waals surface area (Å²) in [5.41, 5.74) is 0.384. The zero-order valence-corrected chi connectivity index (χ0v) is 16.8. The SMILES string of the molecule is O=C1CCCCN1c1cccc(CNS(=O)(=O)c2ccc3[nH]c(=O)[nH]c(=O)c3c2)c1. The molecule has 1 aliphatic heterocycles. The van der Waals surface area contributed by atoms with Gasteiger partial charge in [0.15, 0.2) is 0 Å². The van der Waals surface area contributed by atoms with E-state index in [1.54, 1.807) is 23.1 Å². The number of hydrogen-bond acceptors (Lipinski definition) is 5. The number of aromatic amines is 2. The van der Waals surface area contributed by atoms with Gasteiger partial charge in [-0.1, -0.05) is 12.1 Å². The molecule has 3 N–H and O–H groups in total. The minimum absolute atomic E-state index is 0.0260. The standard InChI is InChI=1S/C20H20N4O5S/c25-18-6-1-2-9-24(18)14-5-3-4-13(10-14)12-21-30(28,29)15-7-8-17-16(11-15)19(26)23-20(27)22-17/h3-5,7-8,10-11,21H,1-2,6,9,12H2,(H2,22,23,26,27). The van der Waals surface area contributed by atoms with E-state index < -0.39 is 21.3 Å². The molecule has 0 spiro atoms. The summed E-state index contributed by atoms with van der Waals surface area (Å²) in [7, 11) is -3.90. The van der Waals surface area contributed by atoms with E-state index in [1.807, 2.05) is 6.07 Å². The van der Waals surface area contributed by atoms with Gasteiger partial charge in [0.1, 0.15) is 0 Å². The molecule has 0 saturated carbocycles. The minimum Gasteiger partial charge on any atom is -0.312 e. The van der Waals surface area contributed by atoms with Gasteiger partial charge in [0.2, 0.25) is 15.9 Å². The number of aromatic nitrogens is 2. The van der Waals surface area contributed by atoms with Crippen LogP contribution in [0.2, 0.25) is 0 Å². The quantitative estimate of drug-likeness (QED) is 0.562. The normalized spacial score (nSPS) is 14.9. The highest BCUT2D eigenvalue weighted by atomic mass is 32.2. The summed E-state index contributed by atoms with van der Waals surface area (Å²) in [6, 6.07) is 11.1. The average molecular weight is 428 g/mol. The number of H-pyrrole nitrogens is 2. The molecule has 156 valence electrons. The van der Waals surface area contributed by atoms with Gasteiger partial charge in [-0.25, -0.2) is 17.9 Å². The molecule has 0 unspecified atom stereocenters. The van der Waals surface area contributed by atoms with Crippen LogP contribution in [0, 0.1) is 0 Å². The number of carbonyl (C=O) groups excluding carboxylic acids is 1. The van der Waals surface area contributed by atoms with Crippen LogP contribution in [-0.4, -0.2) is 30.8 Å². The summed E-state index contributed by atoms with van der Waals surface area (Å²) >= 11 is 0. The number of rotatable bonds is 5. The number of nitrogens with one attached hydrogen (secondary N) is 3. The maximum atomic E-state index is 12.7. The Kier molecular flexibility index (Phi) is 5.27. The van der Waals surface area contributed by atoms with Gasteiger partial charge < -0.3 is 9.88 Å². The largest absolute Gasteiger partial charge is 0.326 e. The van der Waals surface area contributed by atoms with Crippen molar-refractivity contribution in [2.24, 2.45) is 0 Å². The zero-order valence-electron chi connectivity index (χ0n) is 16.0. The van der Waals surface area contributed by atoms with Crippen LogP contribution in [-0.2, 0) is 21.4 Å². The fourth-order valence-corrected chi connectivity index (χ4v) is 4.53. The van der Waals surface area contributed by atoms with E-state index in [0.29, 0.717) is 18.5 Å². The van der Waals surface area contributed by atoms with E-state index >= 15 is 0 Å². The first kappa shape index (κ1) is 20.0. The van der Waals surface area contributed by atoms with Gasteiger partial charge in [-0.2, -0.15) is 0 Å². The van der Waals surface area contributed by atoms with Crippen LogP contribution in [0.5, 0.6) is 0 Å². The molecular formula is C20H20N4O5S. The molecule has 4 rings (SSSR count). The van der Waals surface area contributed by atoms with Gasteiger partial charge in [-0.15, -0.1) is 0 Å². The molecule has 30 heavy (non-hydrogen) atoms. The molecule has 2 heterocycles. The maximum Gasteiger partial charge on any atom is 0.326 e. The third-order valence-electron chi connectivity index (χ3n) is 5.03. The van der Waals surface area contributed by atoms with Crippen molar-refractivity contribution in [3.63, 3.8) is 0 Å². The predicted molar refractivity (Wildman–Crippen MR) is 112 cm³/mol. The monoisotopic (exact) mass is 428 g/mol. The summed E-state index contributed by atoms with van der Waals surface area (Å²) < 4.78 is 27.9. The van der Waals surface area contributed by atoms with Crippen LogP contribution in [0.15, 0.2) is 56.9 Å². The van der Waals surface area contributed by atoms with E-state index in [1.165, 1.54) is 18.2 Å². The molecule has 3 aromatic rings. The molecular weight excluding hydrogens is 408 g/mol. The van der Waals surface area contributed by atoms with Crippen molar-refractivity contribution in [1.29, 1.82) is 0 Å². The third kappa shape index (κ3) is 4.05. The molecule has 9 nitrogen and oxygen atoms in total. The molecule has 0 radical (unpaired) electrons. The third-order valence-corrected chi connectivity index (χ3v) is 6.43. The Balaban J connectivity index is 1.55. The molecule has 0 bridgehead atoms. The van der Waals surface area contributed by atoms with Crippen LogP contribution < -0.4 is 20.9 Å². The van der Waals surface area contributed by atoms with Gasteiger partial charge in [0.05, 0.1) is 15.8 Å². The van der Waals surface area contributed by atoms with Crippen molar-refractivity contribution in [2.45, 2.75) is 30.7 Å². The van der Waals surface area contributed by atoms with E-state index in [9.17, 15) is 22.8 Å². The number of anilines is 1. The smallest absolute Gasteiger partial charge is 0.312 e. The Bertz CT molecular complexity index is 1340. The van der Waals surface area contributed by atoms with Gasteiger partial charge in [0, 0.05) is 25.2 Å². The molecule has 1 fully saturated rings. The summed E-state index contributed by atoms with van der Waals surface area (Å²) in [4.78, 5) is 41.6. The van der Waals surface area contributed by atoms with Gasteiger partial charge >= 0.3 is 5.69 Å². The first-order chi connectivity index (χ1) is 14.3. The minimum atomic E-state index is -3.90. The second kappa shape index (κ2) is 7.88. The van der Waals surface area contributed by atoms with Crippen LogP contribution in [0.4, 0.5) is 5.69 Å². The van der Waals surface area contributed by atoms with Crippen molar-refractivity contribution in [2.75, 3.05) is 11.4 Å². The number of amides is 1. The molecule has 1 aliphatic rings. The molecule has 0 aliphatic carbocycles. The lowest BCUT2D eigenvalue weighted by Gasteiger charge is -2.27. The fraction of sp³-hybridized carbons (Fsp3) is 0.250. The number of nitrogens with zero attached hydrogens (tertiary/aromatic N) is 1. The van der Waals surface area contributed by atoms with Crippen LogP contribution >= 0.6 is 0 Å². The maximum absolute atomic E-state index is 12.7. The number of fused-ring (bicyclic) bond motifs is 1. The highest BCUT2D eigenvalue weighted by molar-refractivity contribution is 7.89.